The first-order valence-electron chi connectivity index (χ1n) is 7.74. The lowest BCUT2D eigenvalue weighted by atomic mass is 9.78. The summed E-state index contributed by atoms with van der Waals surface area (Å²) >= 11 is 6.13. The molecule has 2 unspecified atom stereocenters. The molecule has 2 atom stereocenters. The van der Waals surface area contributed by atoms with Crippen molar-refractivity contribution >= 4 is 11.6 Å². The fraction of sp³-hybridized carbons (Fsp3) is 0.368. The Balaban J connectivity index is 1.82. The summed E-state index contributed by atoms with van der Waals surface area (Å²) in [6.07, 6.45) is 4.71. The van der Waals surface area contributed by atoms with Gasteiger partial charge in [0, 0.05) is 11.1 Å². The summed E-state index contributed by atoms with van der Waals surface area (Å²) in [6.45, 7) is 2.11. The van der Waals surface area contributed by atoms with Crippen LogP contribution in [0.5, 0.6) is 0 Å². The van der Waals surface area contributed by atoms with Crippen LogP contribution < -0.4 is 5.73 Å². The third-order valence-electron chi connectivity index (χ3n) is 4.67. The van der Waals surface area contributed by atoms with Crippen LogP contribution in [0.2, 0.25) is 5.02 Å². The molecule has 3 rings (SSSR count). The zero-order valence-corrected chi connectivity index (χ0v) is 13.2. The van der Waals surface area contributed by atoms with Crippen LogP contribution >= 0.6 is 11.6 Å². The quantitative estimate of drug-likeness (QED) is 0.832. The minimum absolute atomic E-state index is 0.0554. The molecule has 0 saturated heterocycles. The van der Waals surface area contributed by atoms with E-state index >= 15 is 0 Å². The minimum Gasteiger partial charge on any atom is -0.324 e. The molecule has 0 heterocycles. The zero-order chi connectivity index (χ0) is 14.8. The number of nitrogens with two attached hydrogens (primary N) is 1. The predicted molar refractivity (Wildman–Crippen MR) is 89.9 cm³/mol. The molecule has 0 aliphatic heterocycles. The SMILES string of the molecule is Cc1ccc(Cl)cc1C(N)CC1CCCc2ccccc21. The zero-order valence-electron chi connectivity index (χ0n) is 12.5. The van der Waals surface area contributed by atoms with Gasteiger partial charge in [-0.2, -0.15) is 0 Å². The Bertz CT molecular complexity index is 635. The molecule has 1 aliphatic rings. The predicted octanol–water partition coefficient (Wildman–Crippen LogP) is 5.16. The minimum atomic E-state index is 0.0554. The van der Waals surface area contributed by atoms with Crippen molar-refractivity contribution in [1.82, 2.24) is 0 Å². The van der Waals surface area contributed by atoms with Gasteiger partial charge in [0.05, 0.1) is 0 Å². The largest absolute Gasteiger partial charge is 0.324 e. The molecule has 0 amide bonds. The Labute approximate surface area is 132 Å². The van der Waals surface area contributed by atoms with E-state index < -0.39 is 0 Å². The van der Waals surface area contributed by atoms with Crippen LogP contribution in [0, 0.1) is 6.92 Å². The lowest BCUT2D eigenvalue weighted by Gasteiger charge is -2.28. The number of benzene rings is 2. The Morgan fingerprint density at radius 2 is 2.05 bits per heavy atom. The van der Waals surface area contributed by atoms with Gasteiger partial charge in [0.2, 0.25) is 0 Å². The van der Waals surface area contributed by atoms with Gasteiger partial charge in [-0.15, -0.1) is 0 Å². The van der Waals surface area contributed by atoms with E-state index in [4.69, 9.17) is 17.3 Å². The Morgan fingerprint density at radius 1 is 1.24 bits per heavy atom. The third-order valence-corrected chi connectivity index (χ3v) is 4.91. The molecule has 1 nitrogen and oxygen atoms in total. The molecule has 2 heteroatoms. The van der Waals surface area contributed by atoms with E-state index in [0.717, 1.165) is 11.4 Å². The van der Waals surface area contributed by atoms with E-state index in [1.54, 1.807) is 0 Å². The van der Waals surface area contributed by atoms with E-state index in [2.05, 4.69) is 37.3 Å². The van der Waals surface area contributed by atoms with Crippen molar-refractivity contribution in [2.24, 2.45) is 5.73 Å². The maximum Gasteiger partial charge on any atom is 0.0409 e. The highest BCUT2D eigenvalue weighted by molar-refractivity contribution is 6.30. The van der Waals surface area contributed by atoms with Crippen molar-refractivity contribution in [2.75, 3.05) is 0 Å². The summed E-state index contributed by atoms with van der Waals surface area (Å²) in [6, 6.07) is 14.9. The van der Waals surface area contributed by atoms with Crippen molar-refractivity contribution in [2.45, 2.75) is 44.6 Å². The van der Waals surface area contributed by atoms with Crippen LogP contribution in [-0.4, -0.2) is 0 Å². The molecular weight excluding hydrogens is 278 g/mol. The second-order valence-electron chi connectivity index (χ2n) is 6.13. The molecule has 0 saturated carbocycles. The Morgan fingerprint density at radius 3 is 2.90 bits per heavy atom. The average Bonchev–Trinajstić information content (AvgIpc) is 2.50. The lowest BCUT2D eigenvalue weighted by Crippen LogP contribution is -2.18. The van der Waals surface area contributed by atoms with Gasteiger partial charge in [0.15, 0.2) is 0 Å². The van der Waals surface area contributed by atoms with Gasteiger partial charge < -0.3 is 5.73 Å². The summed E-state index contributed by atoms with van der Waals surface area (Å²) in [7, 11) is 0. The number of hydrogen-bond acceptors (Lipinski definition) is 1. The first-order chi connectivity index (χ1) is 10.1. The highest BCUT2D eigenvalue weighted by atomic mass is 35.5. The number of halogens is 1. The molecule has 21 heavy (non-hydrogen) atoms. The third kappa shape index (κ3) is 3.14. The molecular formula is C19H22ClN. The van der Waals surface area contributed by atoms with Crippen molar-refractivity contribution in [3.63, 3.8) is 0 Å². The molecule has 0 aromatic heterocycles. The van der Waals surface area contributed by atoms with Gasteiger partial charge in [-0.3, -0.25) is 0 Å². The number of rotatable bonds is 3. The first-order valence-corrected chi connectivity index (χ1v) is 8.12. The number of hydrogen-bond donors (Lipinski definition) is 1. The summed E-state index contributed by atoms with van der Waals surface area (Å²) < 4.78 is 0. The molecule has 2 aromatic rings. The van der Waals surface area contributed by atoms with E-state index in [9.17, 15) is 0 Å². The van der Waals surface area contributed by atoms with E-state index in [-0.39, 0.29) is 6.04 Å². The van der Waals surface area contributed by atoms with Crippen LogP contribution in [0.15, 0.2) is 42.5 Å². The molecule has 2 N–H and O–H groups in total. The van der Waals surface area contributed by atoms with Crippen molar-refractivity contribution in [3.8, 4) is 0 Å². The Hall–Kier alpha value is -1.31. The van der Waals surface area contributed by atoms with Gasteiger partial charge in [-0.1, -0.05) is 41.9 Å². The lowest BCUT2D eigenvalue weighted by molar-refractivity contribution is 0.475. The summed E-state index contributed by atoms with van der Waals surface area (Å²) in [5.41, 5.74) is 11.9. The number of fused-ring (bicyclic) bond motifs is 1. The molecule has 0 fully saturated rings. The standard InChI is InChI=1S/C19H22ClN/c1-13-9-10-16(20)12-18(13)19(21)11-15-7-4-6-14-5-2-3-8-17(14)15/h2-3,5,8-10,12,15,19H,4,6-7,11,21H2,1H3. The van der Waals surface area contributed by atoms with Gasteiger partial charge >= 0.3 is 0 Å². The average molecular weight is 300 g/mol. The highest BCUT2D eigenvalue weighted by Crippen LogP contribution is 2.37. The number of aryl methyl sites for hydroxylation is 2. The Kier molecular flexibility index (Phi) is 4.32. The first kappa shape index (κ1) is 14.6. The molecule has 1 aliphatic carbocycles. The second-order valence-corrected chi connectivity index (χ2v) is 6.57. The van der Waals surface area contributed by atoms with Crippen molar-refractivity contribution in [3.05, 3.63) is 69.7 Å². The smallest absolute Gasteiger partial charge is 0.0409 e. The maximum absolute atomic E-state index is 6.49. The molecule has 0 radical (unpaired) electrons. The van der Waals surface area contributed by atoms with E-state index in [0.29, 0.717) is 5.92 Å². The van der Waals surface area contributed by atoms with Gasteiger partial charge in [-0.25, -0.2) is 0 Å². The van der Waals surface area contributed by atoms with Crippen molar-refractivity contribution in [1.29, 1.82) is 0 Å². The fourth-order valence-corrected chi connectivity index (χ4v) is 3.72. The molecule has 110 valence electrons. The fourth-order valence-electron chi connectivity index (χ4n) is 3.54. The second kappa shape index (κ2) is 6.21. The van der Waals surface area contributed by atoms with Crippen LogP contribution in [0.3, 0.4) is 0 Å². The van der Waals surface area contributed by atoms with E-state index in [1.165, 1.54) is 41.5 Å². The van der Waals surface area contributed by atoms with Crippen LogP contribution in [0.25, 0.3) is 0 Å². The maximum atomic E-state index is 6.49. The monoisotopic (exact) mass is 299 g/mol. The van der Waals surface area contributed by atoms with Gasteiger partial charge in [0.25, 0.3) is 0 Å². The van der Waals surface area contributed by atoms with Crippen molar-refractivity contribution < 1.29 is 0 Å². The van der Waals surface area contributed by atoms with Gasteiger partial charge in [0.1, 0.15) is 0 Å². The van der Waals surface area contributed by atoms with Crippen LogP contribution in [0.4, 0.5) is 0 Å². The summed E-state index contributed by atoms with van der Waals surface area (Å²) in [4.78, 5) is 0. The van der Waals surface area contributed by atoms with Crippen LogP contribution in [0.1, 0.15) is 53.5 Å². The van der Waals surface area contributed by atoms with Crippen LogP contribution in [-0.2, 0) is 6.42 Å². The summed E-state index contributed by atoms with van der Waals surface area (Å²) in [5, 5.41) is 0.773. The van der Waals surface area contributed by atoms with Gasteiger partial charge in [-0.05, 0) is 72.9 Å². The summed E-state index contributed by atoms with van der Waals surface area (Å²) in [5.74, 6) is 0.573. The normalized spacial score (nSPS) is 19.1. The van der Waals surface area contributed by atoms with E-state index in [1.807, 2.05) is 12.1 Å². The molecule has 0 bridgehead atoms. The highest BCUT2D eigenvalue weighted by Gasteiger charge is 2.23. The molecule has 0 spiro atoms. The topological polar surface area (TPSA) is 26.0 Å². The molecule has 2 aromatic carbocycles.